The summed E-state index contributed by atoms with van der Waals surface area (Å²) in [5.41, 5.74) is -0.0923. The van der Waals surface area contributed by atoms with E-state index in [1.54, 1.807) is 6.26 Å². The Bertz CT molecular complexity index is 332. The van der Waals surface area contributed by atoms with Gasteiger partial charge in [-0.3, -0.25) is 0 Å². The molecule has 0 spiro atoms. The molecule has 0 aromatic carbocycles. The minimum atomic E-state index is -1.10. The van der Waals surface area contributed by atoms with Crippen LogP contribution in [0.4, 0.5) is 0 Å². The van der Waals surface area contributed by atoms with Crippen LogP contribution < -0.4 is 0 Å². The van der Waals surface area contributed by atoms with Gasteiger partial charge in [0.2, 0.25) is 10.9 Å². The van der Waals surface area contributed by atoms with E-state index in [4.69, 9.17) is 5.11 Å². The van der Waals surface area contributed by atoms with Crippen molar-refractivity contribution in [3.8, 4) is 0 Å². The number of hydrogen-bond donors (Lipinski definition) is 1. The lowest BCUT2D eigenvalue weighted by atomic mass is 10.5. The maximum atomic E-state index is 10.6. The first-order valence-electron chi connectivity index (χ1n) is 3.25. The Morgan fingerprint density at radius 3 is 2.46 bits per heavy atom. The summed E-state index contributed by atoms with van der Waals surface area (Å²) in [5.74, 6) is -1.10. The van der Waals surface area contributed by atoms with E-state index in [0.717, 1.165) is 0 Å². The first kappa shape index (κ1) is 10.3. The van der Waals surface area contributed by atoms with Crippen molar-refractivity contribution in [2.75, 3.05) is 12.5 Å². The number of nitrogens with zero attached hydrogens (tertiary/aromatic N) is 3. The number of aromatic carboxylic acids is 1. The van der Waals surface area contributed by atoms with Crippen molar-refractivity contribution in [3.63, 3.8) is 0 Å². The Morgan fingerprint density at radius 1 is 1.31 bits per heavy atom. The highest BCUT2D eigenvalue weighted by Gasteiger charge is 2.14. The lowest BCUT2D eigenvalue weighted by Crippen LogP contribution is -2.07. The van der Waals surface area contributed by atoms with Crippen LogP contribution in [0.2, 0.25) is 0 Å². The molecule has 0 saturated carbocycles. The molecule has 0 radical (unpaired) electrons. The molecule has 0 aliphatic rings. The van der Waals surface area contributed by atoms with Gasteiger partial charge in [0.15, 0.2) is 0 Å². The Hall–Kier alpha value is -0.820. The van der Waals surface area contributed by atoms with Crippen molar-refractivity contribution in [3.05, 3.63) is 5.69 Å². The van der Waals surface area contributed by atoms with Crippen LogP contribution in [0.25, 0.3) is 0 Å². The highest BCUT2D eigenvalue weighted by atomic mass is 32.2. The van der Waals surface area contributed by atoms with E-state index < -0.39 is 5.97 Å². The second-order valence-corrected chi connectivity index (χ2v) is 3.53. The molecule has 13 heavy (non-hydrogen) atoms. The molecule has 0 aliphatic heterocycles. The summed E-state index contributed by atoms with van der Waals surface area (Å²) in [6.07, 6.45) is 3.56. The molecule has 0 bridgehead atoms. The molecule has 1 aromatic rings. The third kappa shape index (κ3) is 2.31. The fourth-order valence-corrected chi connectivity index (χ4v) is 1.52. The second-order valence-electron chi connectivity index (χ2n) is 1.96. The average molecular weight is 217 g/mol. The summed E-state index contributed by atoms with van der Waals surface area (Å²) in [6, 6.07) is 0. The van der Waals surface area contributed by atoms with Gasteiger partial charge in [0.25, 0.3) is 0 Å². The van der Waals surface area contributed by atoms with Gasteiger partial charge in [-0.25, -0.2) is 9.78 Å². The molecule has 1 rings (SSSR count). The quantitative estimate of drug-likeness (QED) is 0.757. The van der Waals surface area contributed by atoms with Crippen LogP contribution in [-0.2, 0) is 0 Å². The van der Waals surface area contributed by atoms with E-state index in [-0.39, 0.29) is 5.69 Å². The summed E-state index contributed by atoms with van der Waals surface area (Å²) >= 11 is 2.57. The van der Waals surface area contributed by atoms with Crippen LogP contribution in [-0.4, -0.2) is 38.8 Å². The number of carbonyl (C=O) groups is 1. The third-order valence-electron chi connectivity index (χ3n) is 1.21. The highest BCUT2D eigenvalue weighted by molar-refractivity contribution is 7.99. The molecule has 0 fully saturated rings. The first-order valence-corrected chi connectivity index (χ1v) is 5.70. The standard InChI is InChI=1S/C6H7N3O2S2/c1-12-4-3(5(10)11)8-9-6(7-4)13-2/h1-2H3,(H,10,11). The maximum absolute atomic E-state index is 10.6. The van der Waals surface area contributed by atoms with Crippen molar-refractivity contribution in [1.82, 2.24) is 15.2 Å². The lowest BCUT2D eigenvalue weighted by Gasteiger charge is -2.00. The van der Waals surface area contributed by atoms with Crippen LogP contribution >= 0.6 is 23.5 Å². The summed E-state index contributed by atoms with van der Waals surface area (Å²) in [7, 11) is 0. The third-order valence-corrected chi connectivity index (χ3v) is 2.42. The molecule has 0 amide bonds. The van der Waals surface area contributed by atoms with Gasteiger partial charge in [-0.15, -0.1) is 22.0 Å². The van der Waals surface area contributed by atoms with Crippen LogP contribution in [0.3, 0.4) is 0 Å². The average Bonchev–Trinajstić information content (AvgIpc) is 2.16. The Morgan fingerprint density at radius 2 is 2.00 bits per heavy atom. The van der Waals surface area contributed by atoms with E-state index in [9.17, 15) is 4.79 Å². The molecule has 0 aliphatic carbocycles. The number of hydrogen-bond acceptors (Lipinski definition) is 6. The largest absolute Gasteiger partial charge is 0.476 e. The Labute approximate surface area is 83.4 Å². The molecule has 0 unspecified atom stereocenters. The highest BCUT2D eigenvalue weighted by Crippen LogP contribution is 2.17. The predicted molar refractivity (Wildman–Crippen MR) is 50.3 cm³/mol. The van der Waals surface area contributed by atoms with Crippen molar-refractivity contribution >= 4 is 29.5 Å². The van der Waals surface area contributed by atoms with Crippen molar-refractivity contribution in [2.45, 2.75) is 10.2 Å². The molecule has 70 valence electrons. The zero-order chi connectivity index (χ0) is 9.84. The normalized spacial score (nSPS) is 10.0. The SMILES string of the molecule is CSc1nnc(C(=O)O)c(SC)n1. The maximum Gasteiger partial charge on any atom is 0.359 e. The Kier molecular flexibility index (Phi) is 3.49. The molecule has 1 N–H and O–H groups in total. The van der Waals surface area contributed by atoms with Crippen molar-refractivity contribution < 1.29 is 9.90 Å². The summed E-state index contributed by atoms with van der Waals surface area (Å²) in [5, 5.41) is 16.8. The molecule has 1 aromatic heterocycles. The molecule has 1 heterocycles. The number of aromatic nitrogens is 3. The first-order chi connectivity index (χ1) is 6.19. The number of carboxylic acids is 1. The van der Waals surface area contributed by atoms with Gasteiger partial charge in [0.1, 0.15) is 5.03 Å². The molecule has 0 atom stereocenters. The summed E-state index contributed by atoms with van der Waals surface area (Å²) in [4.78, 5) is 14.6. The van der Waals surface area contributed by atoms with Crippen molar-refractivity contribution in [2.24, 2.45) is 0 Å². The van der Waals surface area contributed by atoms with Gasteiger partial charge >= 0.3 is 5.97 Å². The van der Waals surface area contributed by atoms with Crippen molar-refractivity contribution in [1.29, 1.82) is 0 Å². The van der Waals surface area contributed by atoms with E-state index >= 15 is 0 Å². The van der Waals surface area contributed by atoms with Crippen LogP contribution in [0.1, 0.15) is 10.5 Å². The van der Waals surface area contributed by atoms with E-state index in [0.29, 0.717) is 10.2 Å². The van der Waals surface area contributed by atoms with Crippen LogP contribution in [0, 0.1) is 0 Å². The van der Waals surface area contributed by atoms with Gasteiger partial charge in [-0.2, -0.15) is 0 Å². The monoisotopic (exact) mass is 217 g/mol. The van der Waals surface area contributed by atoms with Crippen LogP contribution in [0.5, 0.6) is 0 Å². The number of carboxylic acid groups (broad SMARTS) is 1. The molecular weight excluding hydrogens is 210 g/mol. The van der Waals surface area contributed by atoms with Gasteiger partial charge in [-0.05, 0) is 12.5 Å². The van der Waals surface area contributed by atoms with E-state index in [2.05, 4.69) is 15.2 Å². The topological polar surface area (TPSA) is 76.0 Å². The summed E-state index contributed by atoms with van der Waals surface area (Å²) < 4.78 is 0. The lowest BCUT2D eigenvalue weighted by molar-refractivity contribution is 0.0683. The minimum Gasteiger partial charge on any atom is -0.476 e. The fourth-order valence-electron chi connectivity index (χ4n) is 0.661. The molecule has 5 nitrogen and oxygen atoms in total. The van der Waals surface area contributed by atoms with Gasteiger partial charge < -0.3 is 5.11 Å². The van der Waals surface area contributed by atoms with Gasteiger partial charge in [0, 0.05) is 0 Å². The Balaban J connectivity index is 3.15. The number of rotatable bonds is 3. The fraction of sp³-hybridized carbons (Fsp3) is 0.333. The van der Waals surface area contributed by atoms with Gasteiger partial charge in [-0.1, -0.05) is 11.8 Å². The number of thioether (sulfide) groups is 2. The zero-order valence-electron chi connectivity index (χ0n) is 7.01. The van der Waals surface area contributed by atoms with E-state index in [1.807, 2.05) is 6.26 Å². The molecule has 7 heteroatoms. The van der Waals surface area contributed by atoms with E-state index in [1.165, 1.54) is 23.5 Å². The smallest absolute Gasteiger partial charge is 0.359 e. The zero-order valence-corrected chi connectivity index (χ0v) is 8.65. The summed E-state index contributed by atoms with van der Waals surface area (Å²) in [6.45, 7) is 0. The van der Waals surface area contributed by atoms with Crippen LogP contribution in [0.15, 0.2) is 10.2 Å². The second kappa shape index (κ2) is 4.43. The molecular formula is C6H7N3O2S2. The minimum absolute atomic E-state index is 0.0923. The molecule has 0 saturated heterocycles. The van der Waals surface area contributed by atoms with Gasteiger partial charge in [0.05, 0.1) is 0 Å². The predicted octanol–water partition coefficient (Wildman–Crippen LogP) is 1.01.